The fraction of sp³-hybridized carbons (Fsp3) is 1.00. The third-order valence-corrected chi connectivity index (χ3v) is 3.26. The van der Waals surface area contributed by atoms with Gasteiger partial charge >= 0.3 is 0 Å². The predicted octanol–water partition coefficient (Wildman–Crippen LogP) is 2.37. The topological polar surface area (TPSA) is 3.24 Å². The maximum atomic E-state index is 2.53. The summed E-state index contributed by atoms with van der Waals surface area (Å²) in [4.78, 5) is 2.53. The molecular weight excluding hydrogens is 134 g/mol. The second-order valence-corrected chi connectivity index (χ2v) is 3.96. The summed E-state index contributed by atoms with van der Waals surface area (Å²) >= 11 is 0. The molecule has 0 radical (unpaired) electrons. The summed E-state index contributed by atoms with van der Waals surface area (Å²) in [5.74, 6) is 1.86. The summed E-state index contributed by atoms with van der Waals surface area (Å²) in [7, 11) is 2.26. The van der Waals surface area contributed by atoms with Crippen molar-refractivity contribution in [1.29, 1.82) is 0 Å². The molecule has 0 aromatic carbocycles. The van der Waals surface area contributed by atoms with Crippen LogP contribution in [0.2, 0.25) is 0 Å². The first-order valence-electron chi connectivity index (χ1n) is 4.90. The van der Waals surface area contributed by atoms with Crippen LogP contribution in [-0.2, 0) is 0 Å². The van der Waals surface area contributed by atoms with E-state index in [9.17, 15) is 0 Å². The van der Waals surface area contributed by atoms with Crippen LogP contribution in [-0.4, -0.2) is 24.5 Å². The van der Waals surface area contributed by atoms with Crippen LogP contribution in [0.25, 0.3) is 0 Å². The molecule has 1 aliphatic heterocycles. The molecule has 1 heteroatoms. The maximum Gasteiger partial charge on any atom is 0.0121 e. The van der Waals surface area contributed by atoms with E-state index in [2.05, 4.69) is 32.7 Å². The fourth-order valence-electron chi connectivity index (χ4n) is 2.72. The summed E-state index contributed by atoms with van der Waals surface area (Å²) in [5, 5.41) is 0. The van der Waals surface area contributed by atoms with Gasteiger partial charge in [0.25, 0.3) is 0 Å². The van der Waals surface area contributed by atoms with Gasteiger partial charge in [-0.2, -0.15) is 0 Å². The molecule has 0 amide bonds. The highest BCUT2D eigenvalue weighted by molar-refractivity contribution is 4.87. The zero-order chi connectivity index (χ0) is 8.43. The molecule has 0 saturated carbocycles. The highest BCUT2D eigenvalue weighted by Crippen LogP contribution is 2.32. The Bertz CT molecular complexity index is 108. The van der Waals surface area contributed by atoms with Gasteiger partial charge in [-0.3, -0.25) is 0 Å². The smallest absolute Gasteiger partial charge is 0.0121 e. The monoisotopic (exact) mass is 155 g/mol. The maximum absolute atomic E-state index is 2.53. The van der Waals surface area contributed by atoms with E-state index >= 15 is 0 Å². The summed E-state index contributed by atoms with van der Waals surface area (Å²) < 4.78 is 0. The van der Waals surface area contributed by atoms with Gasteiger partial charge in [0.05, 0.1) is 0 Å². The summed E-state index contributed by atoms with van der Waals surface area (Å²) in [5.41, 5.74) is 0. The van der Waals surface area contributed by atoms with Crippen molar-refractivity contribution in [2.75, 3.05) is 13.6 Å². The van der Waals surface area contributed by atoms with Gasteiger partial charge in [0.1, 0.15) is 0 Å². The summed E-state index contributed by atoms with van der Waals surface area (Å²) in [6, 6.07) is 0.856. The molecule has 1 nitrogen and oxygen atoms in total. The minimum absolute atomic E-state index is 0.856. The Kier molecular flexibility index (Phi) is 2.94. The third-order valence-electron chi connectivity index (χ3n) is 3.26. The Morgan fingerprint density at radius 2 is 1.91 bits per heavy atom. The third kappa shape index (κ3) is 1.58. The van der Waals surface area contributed by atoms with Crippen LogP contribution in [0, 0.1) is 11.8 Å². The Morgan fingerprint density at radius 1 is 1.27 bits per heavy atom. The SMILES string of the molecule is CCC1[C@H](CC)C(C)CN1C. The van der Waals surface area contributed by atoms with E-state index in [0.717, 1.165) is 17.9 Å². The van der Waals surface area contributed by atoms with Gasteiger partial charge in [-0.25, -0.2) is 0 Å². The second-order valence-electron chi connectivity index (χ2n) is 3.96. The van der Waals surface area contributed by atoms with Crippen molar-refractivity contribution in [1.82, 2.24) is 4.90 Å². The van der Waals surface area contributed by atoms with Gasteiger partial charge in [-0.15, -0.1) is 0 Å². The highest BCUT2D eigenvalue weighted by atomic mass is 15.2. The molecule has 2 unspecified atom stereocenters. The minimum Gasteiger partial charge on any atom is -0.303 e. The van der Waals surface area contributed by atoms with Crippen LogP contribution in [0.15, 0.2) is 0 Å². The van der Waals surface area contributed by atoms with E-state index in [4.69, 9.17) is 0 Å². The van der Waals surface area contributed by atoms with E-state index in [1.807, 2.05) is 0 Å². The van der Waals surface area contributed by atoms with Crippen molar-refractivity contribution < 1.29 is 0 Å². The molecule has 1 aliphatic rings. The van der Waals surface area contributed by atoms with Crippen molar-refractivity contribution in [2.45, 2.75) is 39.7 Å². The van der Waals surface area contributed by atoms with Gasteiger partial charge in [0, 0.05) is 12.6 Å². The number of likely N-dealkylation sites (tertiary alicyclic amines) is 1. The van der Waals surface area contributed by atoms with Crippen molar-refractivity contribution in [3.05, 3.63) is 0 Å². The first-order valence-corrected chi connectivity index (χ1v) is 4.90. The average molecular weight is 155 g/mol. The molecule has 66 valence electrons. The molecular formula is C10H21N. The van der Waals surface area contributed by atoms with E-state index in [-0.39, 0.29) is 0 Å². The molecule has 0 spiro atoms. The zero-order valence-electron chi connectivity index (χ0n) is 8.30. The normalized spacial score (nSPS) is 39.8. The van der Waals surface area contributed by atoms with Crippen molar-refractivity contribution in [3.8, 4) is 0 Å². The van der Waals surface area contributed by atoms with Gasteiger partial charge in [0.2, 0.25) is 0 Å². The lowest BCUT2D eigenvalue weighted by Crippen LogP contribution is -2.28. The highest BCUT2D eigenvalue weighted by Gasteiger charge is 2.34. The van der Waals surface area contributed by atoms with Crippen molar-refractivity contribution in [2.24, 2.45) is 11.8 Å². The second kappa shape index (κ2) is 3.57. The largest absolute Gasteiger partial charge is 0.303 e. The molecule has 3 atom stereocenters. The summed E-state index contributed by atoms with van der Waals surface area (Å²) in [6.07, 6.45) is 2.67. The molecule has 0 aromatic heterocycles. The first-order chi connectivity index (χ1) is 5.20. The molecule has 11 heavy (non-hydrogen) atoms. The lowest BCUT2D eigenvalue weighted by molar-refractivity contribution is 0.258. The predicted molar refractivity (Wildman–Crippen MR) is 49.7 cm³/mol. The first kappa shape index (κ1) is 9.05. The molecule has 0 aliphatic carbocycles. The summed E-state index contributed by atoms with van der Waals surface area (Å²) in [6.45, 7) is 8.32. The van der Waals surface area contributed by atoms with Crippen molar-refractivity contribution >= 4 is 0 Å². The van der Waals surface area contributed by atoms with Gasteiger partial charge in [-0.05, 0) is 25.3 Å². The van der Waals surface area contributed by atoms with Crippen LogP contribution in [0.3, 0.4) is 0 Å². The standard InChI is InChI=1S/C10H21N/c1-5-9-8(3)7-11(4)10(9)6-2/h8-10H,5-7H2,1-4H3/t8?,9-,10?/m1/s1. The Hall–Kier alpha value is -0.0400. The lowest BCUT2D eigenvalue weighted by Gasteiger charge is -2.23. The van der Waals surface area contributed by atoms with Crippen LogP contribution in [0.4, 0.5) is 0 Å². The average Bonchev–Trinajstić information content (AvgIpc) is 2.24. The van der Waals surface area contributed by atoms with E-state index in [1.165, 1.54) is 19.4 Å². The van der Waals surface area contributed by atoms with E-state index < -0.39 is 0 Å². The fourth-order valence-corrected chi connectivity index (χ4v) is 2.72. The van der Waals surface area contributed by atoms with Crippen LogP contribution >= 0.6 is 0 Å². The van der Waals surface area contributed by atoms with Crippen molar-refractivity contribution in [3.63, 3.8) is 0 Å². The van der Waals surface area contributed by atoms with E-state index in [1.54, 1.807) is 0 Å². The lowest BCUT2D eigenvalue weighted by atomic mass is 9.88. The number of hydrogen-bond donors (Lipinski definition) is 0. The van der Waals surface area contributed by atoms with Crippen LogP contribution in [0.5, 0.6) is 0 Å². The molecule has 1 fully saturated rings. The Morgan fingerprint density at radius 3 is 2.27 bits per heavy atom. The number of hydrogen-bond acceptors (Lipinski definition) is 1. The Labute approximate surface area is 70.8 Å². The molecule has 1 saturated heterocycles. The van der Waals surface area contributed by atoms with Crippen LogP contribution in [0.1, 0.15) is 33.6 Å². The van der Waals surface area contributed by atoms with Gasteiger partial charge in [-0.1, -0.05) is 27.2 Å². The molecule has 0 bridgehead atoms. The quantitative estimate of drug-likeness (QED) is 0.592. The molecule has 0 N–H and O–H groups in total. The molecule has 1 rings (SSSR count). The molecule has 0 aromatic rings. The zero-order valence-corrected chi connectivity index (χ0v) is 8.30. The number of nitrogens with zero attached hydrogens (tertiary/aromatic N) is 1. The molecule has 1 heterocycles. The Balaban J connectivity index is 2.59. The minimum atomic E-state index is 0.856. The number of rotatable bonds is 2. The van der Waals surface area contributed by atoms with Crippen LogP contribution < -0.4 is 0 Å². The van der Waals surface area contributed by atoms with Gasteiger partial charge in [0.15, 0.2) is 0 Å². The van der Waals surface area contributed by atoms with E-state index in [0.29, 0.717) is 0 Å². The van der Waals surface area contributed by atoms with Gasteiger partial charge < -0.3 is 4.90 Å².